The average molecular weight is 219 g/mol. The molecule has 1 aromatic rings. The van der Waals surface area contributed by atoms with Crippen molar-refractivity contribution < 1.29 is 14.5 Å². The second-order valence-electron chi connectivity index (χ2n) is 2.77. The molecule has 80 valence electrons. The Bertz CT molecular complexity index is 530. The summed E-state index contributed by atoms with van der Waals surface area (Å²) in [7, 11) is 0. The number of nitriles is 1. The number of nitro groups is 1. The van der Waals surface area contributed by atoms with E-state index in [0.717, 1.165) is 12.1 Å². The maximum Gasteiger partial charge on any atom is 0.280 e. The Morgan fingerprint density at radius 1 is 1.56 bits per heavy atom. The van der Waals surface area contributed by atoms with Crippen molar-refractivity contribution in [2.24, 2.45) is 5.73 Å². The van der Waals surface area contributed by atoms with Gasteiger partial charge in [0.15, 0.2) is 6.29 Å². The summed E-state index contributed by atoms with van der Waals surface area (Å²) in [6, 6.07) is 3.69. The second-order valence-corrected chi connectivity index (χ2v) is 2.77. The van der Waals surface area contributed by atoms with Crippen molar-refractivity contribution >= 4 is 17.9 Å². The van der Waals surface area contributed by atoms with Crippen LogP contribution in [0, 0.1) is 21.4 Å². The fourth-order valence-electron chi connectivity index (χ4n) is 1.25. The summed E-state index contributed by atoms with van der Waals surface area (Å²) in [6.07, 6.45) is 0.138. The Kier molecular flexibility index (Phi) is 2.96. The molecule has 7 nitrogen and oxygen atoms in total. The highest BCUT2D eigenvalue weighted by Gasteiger charge is 2.23. The number of amides is 1. The van der Waals surface area contributed by atoms with Gasteiger partial charge in [0, 0.05) is 6.07 Å². The molecule has 0 aliphatic heterocycles. The van der Waals surface area contributed by atoms with Gasteiger partial charge in [-0.1, -0.05) is 0 Å². The van der Waals surface area contributed by atoms with Crippen molar-refractivity contribution in [3.8, 4) is 6.07 Å². The highest BCUT2D eigenvalue weighted by atomic mass is 16.6. The zero-order chi connectivity index (χ0) is 12.3. The van der Waals surface area contributed by atoms with Gasteiger partial charge in [0.25, 0.3) is 11.6 Å². The molecule has 0 saturated heterocycles. The molecular formula is C9H5N3O4. The maximum absolute atomic E-state index is 11.0. The summed E-state index contributed by atoms with van der Waals surface area (Å²) < 4.78 is 0. The Balaban J connectivity index is 3.71. The van der Waals surface area contributed by atoms with Gasteiger partial charge in [0.1, 0.15) is 5.56 Å². The molecule has 0 saturated carbocycles. The van der Waals surface area contributed by atoms with E-state index in [1.807, 2.05) is 0 Å². The molecule has 0 heterocycles. The minimum Gasteiger partial charge on any atom is -0.366 e. The molecule has 2 N–H and O–H groups in total. The number of hydrogen-bond acceptors (Lipinski definition) is 5. The first-order valence-corrected chi connectivity index (χ1v) is 3.99. The molecule has 0 atom stereocenters. The third-order valence-corrected chi connectivity index (χ3v) is 1.90. The largest absolute Gasteiger partial charge is 0.366 e. The molecule has 1 rings (SSSR count). The van der Waals surface area contributed by atoms with Gasteiger partial charge in [-0.15, -0.1) is 0 Å². The lowest BCUT2D eigenvalue weighted by Crippen LogP contribution is -2.16. The van der Waals surface area contributed by atoms with Crippen molar-refractivity contribution in [2.45, 2.75) is 0 Å². The van der Waals surface area contributed by atoms with Crippen LogP contribution in [0.4, 0.5) is 5.69 Å². The van der Waals surface area contributed by atoms with Gasteiger partial charge < -0.3 is 5.73 Å². The van der Waals surface area contributed by atoms with E-state index >= 15 is 0 Å². The Morgan fingerprint density at radius 2 is 2.19 bits per heavy atom. The van der Waals surface area contributed by atoms with Gasteiger partial charge in [-0.05, 0) is 6.07 Å². The first-order chi connectivity index (χ1) is 7.52. The molecule has 16 heavy (non-hydrogen) atoms. The van der Waals surface area contributed by atoms with E-state index in [4.69, 9.17) is 11.0 Å². The number of nitrogens with zero attached hydrogens (tertiary/aromatic N) is 2. The third-order valence-electron chi connectivity index (χ3n) is 1.90. The average Bonchev–Trinajstić information content (AvgIpc) is 2.26. The van der Waals surface area contributed by atoms with E-state index in [-0.39, 0.29) is 11.8 Å². The van der Waals surface area contributed by atoms with Gasteiger partial charge in [-0.2, -0.15) is 5.26 Å². The molecule has 0 aromatic heterocycles. The standard InChI is InChI=1S/C9H5N3O4/c10-3-5-1-2-7(12(15)16)6(4-13)8(5)9(11)14/h1-2,4H,(H2,11,14). The first kappa shape index (κ1) is 11.3. The number of primary amides is 1. The molecule has 1 amide bonds. The Morgan fingerprint density at radius 3 is 2.56 bits per heavy atom. The Hall–Kier alpha value is -2.75. The fraction of sp³-hybridized carbons (Fsp3) is 0. The summed E-state index contributed by atoms with van der Waals surface area (Å²) in [5.74, 6) is -1.05. The molecule has 0 spiro atoms. The highest BCUT2D eigenvalue weighted by molar-refractivity contribution is 6.04. The lowest BCUT2D eigenvalue weighted by molar-refractivity contribution is -0.385. The molecule has 1 aromatic carbocycles. The number of carbonyl (C=O) groups excluding carboxylic acids is 2. The van der Waals surface area contributed by atoms with Crippen molar-refractivity contribution in [3.63, 3.8) is 0 Å². The predicted molar refractivity (Wildman–Crippen MR) is 51.7 cm³/mol. The number of hydrogen-bond donors (Lipinski definition) is 1. The molecule has 0 fully saturated rings. The van der Waals surface area contributed by atoms with Crippen LogP contribution in [0.5, 0.6) is 0 Å². The molecular weight excluding hydrogens is 214 g/mol. The maximum atomic E-state index is 11.0. The minimum absolute atomic E-state index is 0.138. The summed E-state index contributed by atoms with van der Waals surface area (Å²) >= 11 is 0. The van der Waals surface area contributed by atoms with Crippen LogP contribution in [0.1, 0.15) is 26.3 Å². The van der Waals surface area contributed by atoms with E-state index < -0.39 is 27.6 Å². The van der Waals surface area contributed by atoms with Crippen molar-refractivity contribution in [2.75, 3.05) is 0 Å². The van der Waals surface area contributed by atoms with Gasteiger partial charge in [0.2, 0.25) is 0 Å². The molecule has 0 aliphatic rings. The zero-order valence-electron chi connectivity index (χ0n) is 7.84. The number of nitrogens with two attached hydrogens (primary N) is 1. The molecule has 0 radical (unpaired) electrons. The molecule has 7 heteroatoms. The first-order valence-electron chi connectivity index (χ1n) is 3.99. The number of carbonyl (C=O) groups is 2. The predicted octanol–water partition coefficient (Wildman–Crippen LogP) is 0.378. The van der Waals surface area contributed by atoms with Gasteiger partial charge in [0.05, 0.1) is 22.1 Å². The highest BCUT2D eigenvalue weighted by Crippen LogP contribution is 2.23. The quantitative estimate of drug-likeness (QED) is 0.446. The summed E-state index contributed by atoms with van der Waals surface area (Å²) in [5, 5.41) is 19.2. The van der Waals surface area contributed by atoms with Crippen LogP contribution in [0.2, 0.25) is 0 Å². The summed E-state index contributed by atoms with van der Waals surface area (Å²) in [4.78, 5) is 31.5. The molecule has 0 aliphatic carbocycles. The van der Waals surface area contributed by atoms with E-state index in [1.165, 1.54) is 0 Å². The van der Waals surface area contributed by atoms with Crippen LogP contribution < -0.4 is 5.73 Å². The van der Waals surface area contributed by atoms with Gasteiger partial charge >= 0.3 is 0 Å². The number of rotatable bonds is 3. The normalized spacial score (nSPS) is 9.19. The van der Waals surface area contributed by atoms with E-state index in [1.54, 1.807) is 6.07 Å². The van der Waals surface area contributed by atoms with Crippen LogP contribution in [0.25, 0.3) is 0 Å². The van der Waals surface area contributed by atoms with E-state index in [2.05, 4.69) is 0 Å². The summed E-state index contributed by atoms with van der Waals surface area (Å²) in [5.41, 5.74) is 3.34. The van der Waals surface area contributed by atoms with E-state index in [9.17, 15) is 19.7 Å². The number of nitro benzene ring substituents is 1. The smallest absolute Gasteiger partial charge is 0.280 e. The van der Waals surface area contributed by atoms with Gasteiger partial charge in [-0.25, -0.2) is 0 Å². The Labute approximate surface area is 89.2 Å². The molecule has 0 bridgehead atoms. The number of aldehydes is 1. The number of benzene rings is 1. The van der Waals surface area contributed by atoms with Crippen LogP contribution in [0.3, 0.4) is 0 Å². The van der Waals surface area contributed by atoms with Crippen LogP contribution in [-0.4, -0.2) is 17.1 Å². The van der Waals surface area contributed by atoms with Crippen molar-refractivity contribution in [1.29, 1.82) is 5.26 Å². The summed E-state index contributed by atoms with van der Waals surface area (Å²) in [6.45, 7) is 0. The SMILES string of the molecule is N#Cc1ccc([N+](=O)[O-])c(C=O)c1C(N)=O. The van der Waals surface area contributed by atoms with Crippen molar-refractivity contribution in [3.05, 3.63) is 38.9 Å². The monoisotopic (exact) mass is 219 g/mol. The van der Waals surface area contributed by atoms with Crippen LogP contribution >= 0.6 is 0 Å². The lowest BCUT2D eigenvalue weighted by atomic mass is 10.00. The van der Waals surface area contributed by atoms with E-state index in [0.29, 0.717) is 0 Å². The molecule has 0 unspecified atom stereocenters. The van der Waals surface area contributed by atoms with Crippen LogP contribution in [-0.2, 0) is 0 Å². The second kappa shape index (κ2) is 4.18. The van der Waals surface area contributed by atoms with Gasteiger partial charge in [-0.3, -0.25) is 19.7 Å². The zero-order valence-corrected chi connectivity index (χ0v) is 7.84. The third kappa shape index (κ3) is 1.72. The van der Waals surface area contributed by atoms with Crippen molar-refractivity contribution in [1.82, 2.24) is 0 Å². The fourth-order valence-corrected chi connectivity index (χ4v) is 1.25. The minimum atomic E-state index is -1.05. The topological polar surface area (TPSA) is 127 Å². The lowest BCUT2D eigenvalue weighted by Gasteiger charge is -2.03. The van der Waals surface area contributed by atoms with Crippen LogP contribution in [0.15, 0.2) is 12.1 Å².